The highest BCUT2D eigenvalue weighted by molar-refractivity contribution is 5.87. The second kappa shape index (κ2) is 10.6. The first-order valence-corrected chi connectivity index (χ1v) is 9.03. The number of benzene rings is 2. The Balaban J connectivity index is 0.00000196. The monoisotopic (exact) mass is 425 g/mol. The number of amides is 1. The van der Waals surface area contributed by atoms with Gasteiger partial charge in [-0.3, -0.25) is 4.79 Å². The molecule has 1 saturated heterocycles. The molecule has 0 aromatic heterocycles. The summed E-state index contributed by atoms with van der Waals surface area (Å²) in [6.45, 7) is 4.24. The Morgan fingerprint density at radius 1 is 1.18 bits per heavy atom. The first kappa shape index (κ1) is 24.1. The van der Waals surface area contributed by atoms with Gasteiger partial charge in [-0.25, -0.2) is 0 Å². The zero-order valence-electron chi connectivity index (χ0n) is 16.3. The SMILES string of the molecule is COc1ccccc1N1CCC(CNC(=O)C(C)(N)c2ccccc2)C1.Cl.Cl. The molecule has 2 unspecified atom stereocenters. The molecule has 1 amide bonds. The van der Waals surface area contributed by atoms with Gasteiger partial charge in [0, 0.05) is 19.6 Å². The van der Waals surface area contributed by atoms with E-state index >= 15 is 0 Å². The van der Waals surface area contributed by atoms with Gasteiger partial charge in [0.25, 0.3) is 0 Å². The highest BCUT2D eigenvalue weighted by Gasteiger charge is 2.31. The summed E-state index contributed by atoms with van der Waals surface area (Å²) in [6.07, 6.45) is 1.03. The molecule has 28 heavy (non-hydrogen) atoms. The van der Waals surface area contributed by atoms with Gasteiger partial charge in [-0.15, -0.1) is 24.8 Å². The fraction of sp³-hybridized carbons (Fsp3) is 0.381. The van der Waals surface area contributed by atoms with Crippen LogP contribution in [0, 0.1) is 5.92 Å². The minimum atomic E-state index is -1.03. The third-order valence-electron chi connectivity index (χ3n) is 5.11. The Hall–Kier alpha value is -1.95. The lowest BCUT2D eigenvalue weighted by Crippen LogP contribution is -2.50. The summed E-state index contributed by atoms with van der Waals surface area (Å²) >= 11 is 0. The van der Waals surface area contributed by atoms with E-state index in [0.29, 0.717) is 12.5 Å². The average Bonchev–Trinajstić information content (AvgIpc) is 3.15. The quantitative estimate of drug-likeness (QED) is 0.744. The minimum Gasteiger partial charge on any atom is -0.495 e. The molecule has 154 valence electrons. The normalized spacial score (nSPS) is 17.7. The highest BCUT2D eigenvalue weighted by Crippen LogP contribution is 2.31. The summed E-state index contributed by atoms with van der Waals surface area (Å²) < 4.78 is 5.46. The van der Waals surface area contributed by atoms with E-state index in [1.807, 2.05) is 48.5 Å². The molecular formula is C21H29Cl2N3O2. The number of methoxy groups -OCH3 is 1. The van der Waals surface area contributed by atoms with Gasteiger partial charge < -0.3 is 20.7 Å². The predicted molar refractivity (Wildman–Crippen MR) is 119 cm³/mol. The van der Waals surface area contributed by atoms with Crippen LogP contribution >= 0.6 is 24.8 Å². The summed E-state index contributed by atoms with van der Waals surface area (Å²) in [7, 11) is 1.69. The van der Waals surface area contributed by atoms with Gasteiger partial charge in [0.2, 0.25) is 5.91 Å². The van der Waals surface area contributed by atoms with Gasteiger partial charge in [-0.05, 0) is 37.0 Å². The van der Waals surface area contributed by atoms with Crippen LogP contribution in [-0.4, -0.2) is 32.7 Å². The Morgan fingerprint density at radius 3 is 2.50 bits per heavy atom. The van der Waals surface area contributed by atoms with Crippen LogP contribution in [0.15, 0.2) is 54.6 Å². The van der Waals surface area contributed by atoms with Crippen molar-refractivity contribution in [3.63, 3.8) is 0 Å². The lowest BCUT2D eigenvalue weighted by Gasteiger charge is -2.25. The van der Waals surface area contributed by atoms with Gasteiger partial charge in [0.05, 0.1) is 12.8 Å². The van der Waals surface area contributed by atoms with E-state index in [1.54, 1.807) is 14.0 Å². The molecule has 2 atom stereocenters. The Morgan fingerprint density at radius 2 is 1.82 bits per heavy atom. The summed E-state index contributed by atoms with van der Waals surface area (Å²) in [5, 5.41) is 3.04. The van der Waals surface area contributed by atoms with E-state index in [9.17, 15) is 4.79 Å². The Kier molecular flexibility index (Phi) is 9.08. The fourth-order valence-electron chi connectivity index (χ4n) is 3.45. The van der Waals surface area contributed by atoms with Crippen molar-refractivity contribution >= 4 is 36.4 Å². The molecule has 0 aliphatic carbocycles. The zero-order valence-corrected chi connectivity index (χ0v) is 17.9. The third kappa shape index (κ3) is 5.31. The largest absolute Gasteiger partial charge is 0.495 e. The molecule has 0 bridgehead atoms. The molecule has 1 heterocycles. The number of rotatable bonds is 6. The van der Waals surface area contributed by atoms with Crippen LogP contribution in [0.4, 0.5) is 5.69 Å². The maximum atomic E-state index is 12.6. The molecule has 0 saturated carbocycles. The topological polar surface area (TPSA) is 67.6 Å². The molecule has 3 N–H and O–H groups in total. The second-order valence-corrected chi connectivity index (χ2v) is 7.05. The van der Waals surface area contributed by atoms with Crippen molar-refractivity contribution in [3.05, 3.63) is 60.2 Å². The van der Waals surface area contributed by atoms with E-state index in [1.165, 1.54) is 0 Å². The van der Waals surface area contributed by atoms with Crippen molar-refractivity contribution in [2.75, 3.05) is 31.6 Å². The first-order valence-electron chi connectivity index (χ1n) is 9.03. The number of para-hydroxylation sites is 2. The smallest absolute Gasteiger partial charge is 0.244 e. The van der Waals surface area contributed by atoms with Crippen LogP contribution in [0.3, 0.4) is 0 Å². The van der Waals surface area contributed by atoms with Gasteiger partial charge >= 0.3 is 0 Å². The van der Waals surface area contributed by atoms with Crippen molar-refractivity contribution in [3.8, 4) is 5.75 Å². The van der Waals surface area contributed by atoms with Crippen molar-refractivity contribution in [1.29, 1.82) is 0 Å². The second-order valence-electron chi connectivity index (χ2n) is 7.05. The minimum absolute atomic E-state index is 0. The van der Waals surface area contributed by atoms with Gasteiger partial charge in [-0.2, -0.15) is 0 Å². The molecule has 1 fully saturated rings. The molecule has 0 spiro atoms. The molecule has 3 rings (SSSR count). The zero-order chi connectivity index (χ0) is 18.6. The van der Waals surface area contributed by atoms with Crippen LogP contribution in [0.25, 0.3) is 0 Å². The number of nitrogens with zero attached hydrogens (tertiary/aromatic N) is 1. The molecule has 2 aromatic rings. The molecule has 5 nitrogen and oxygen atoms in total. The summed E-state index contributed by atoms with van der Waals surface area (Å²) in [4.78, 5) is 14.9. The van der Waals surface area contributed by atoms with E-state index in [2.05, 4.69) is 16.3 Å². The van der Waals surface area contributed by atoms with Gasteiger partial charge in [-0.1, -0.05) is 42.5 Å². The average molecular weight is 426 g/mol. The fourth-order valence-corrected chi connectivity index (χ4v) is 3.45. The van der Waals surface area contributed by atoms with Crippen molar-refractivity contribution in [1.82, 2.24) is 5.32 Å². The van der Waals surface area contributed by atoms with Crippen LogP contribution in [0.5, 0.6) is 5.75 Å². The lowest BCUT2D eigenvalue weighted by atomic mass is 9.92. The highest BCUT2D eigenvalue weighted by atomic mass is 35.5. The lowest BCUT2D eigenvalue weighted by molar-refractivity contribution is -0.126. The number of anilines is 1. The van der Waals surface area contributed by atoms with Crippen molar-refractivity contribution in [2.24, 2.45) is 11.7 Å². The third-order valence-corrected chi connectivity index (χ3v) is 5.11. The van der Waals surface area contributed by atoms with Gasteiger partial charge in [0.15, 0.2) is 0 Å². The van der Waals surface area contributed by atoms with E-state index < -0.39 is 5.54 Å². The number of hydrogen-bond donors (Lipinski definition) is 2. The summed E-state index contributed by atoms with van der Waals surface area (Å²) in [5.41, 5.74) is 7.19. The van der Waals surface area contributed by atoms with Crippen LogP contribution in [0.1, 0.15) is 18.9 Å². The molecule has 1 aliphatic heterocycles. The number of ether oxygens (including phenoxy) is 1. The van der Waals surface area contributed by atoms with Crippen molar-refractivity contribution < 1.29 is 9.53 Å². The van der Waals surface area contributed by atoms with E-state index in [4.69, 9.17) is 10.5 Å². The van der Waals surface area contributed by atoms with Crippen LogP contribution in [0.2, 0.25) is 0 Å². The van der Waals surface area contributed by atoms with Crippen LogP contribution in [-0.2, 0) is 10.3 Å². The molecule has 0 radical (unpaired) electrons. The Bertz CT molecular complexity index is 756. The van der Waals surface area contributed by atoms with E-state index in [0.717, 1.165) is 36.5 Å². The number of nitrogens with two attached hydrogens (primary N) is 1. The summed E-state index contributed by atoms with van der Waals surface area (Å²) in [6, 6.07) is 17.5. The standard InChI is InChI=1S/C21H27N3O2.2ClH/c1-21(22,17-8-4-3-5-9-17)20(25)23-14-16-12-13-24(15-16)18-10-6-7-11-19(18)26-2;;/h3-11,16H,12-15,22H2,1-2H3,(H,23,25);2*1H. The molecule has 7 heteroatoms. The maximum absolute atomic E-state index is 12.6. The number of carbonyl (C=O) groups is 1. The predicted octanol–water partition coefficient (Wildman–Crippen LogP) is 3.36. The molecule has 1 aliphatic rings. The molecule has 2 aromatic carbocycles. The first-order chi connectivity index (χ1) is 12.5. The van der Waals surface area contributed by atoms with Gasteiger partial charge in [0.1, 0.15) is 11.3 Å². The number of hydrogen-bond acceptors (Lipinski definition) is 4. The Labute approximate surface area is 179 Å². The maximum Gasteiger partial charge on any atom is 0.244 e. The number of halogens is 2. The van der Waals surface area contributed by atoms with Crippen LogP contribution < -0.4 is 20.7 Å². The number of carbonyl (C=O) groups excluding carboxylic acids is 1. The van der Waals surface area contributed by atoms with Crippen molar-refractivity contribution in [2.45, 2.75) is 18.9 Å². The van der Waals surface area contributed by atoms with E-state index in [-0.39, 0.29) is 30.7 Å². The number of nitrogens with one attached hydrogen (secondary N) is 1. The molecular weight excluding hydrogens is 397 g/mol. The summed E-state index contributed by atoms with van der Waals surface area (Å²) in [5.74, 6) is 1.14.